The normalized spacial score (nSPS) is 13.4. The molecule has 0 radical (unpaired) electrons. The summed E-state index contributed by atoms with van der Waals surface area (Å²) in [4.78, 5) is 13.6. The minimum atomic E-state index is -0.109. The first-order valence-electron chi connectivity index (χ1n) is 8.27. The highest BCUT2D eigenvalue weighted by Gasteiger charge is 2.21. The van der Waals surface area contributed by atoms with E-state index in [9.17, 15) is 4.79 Å². The molecule has 2 N–H and O–H groups in total. The van der Waals surface area contributed by atoms with Crippen molar-refractivity contribution in [3.63, 3.8) is 0 Å². The predicted octanol–water partition coefficient (Wildman–Crippen LogP) is 2.60. The minimum absolute atomic E-state index is 0.0545. The summed E-state index contributed by atoms with van der Waals surface area (Å²) in [5.74, 6) is 0.0545. The van der Waals surface area contributed by atoms with Gasteiger partial charge in [-0.05, 0) is 38.0 Å². The van der Waals surface area contributed by atoms with Gasteiger partial charge in [0.15, 0.2) is 6.04 Å². The molecule has 0 aromatic heterocycles. The van der Waals surface area contributed by atoms with Crippen molar-refractivity contribution in [3.05, 3.63) is 65.2 Å². The average Bonchev–Trinajstić information content (AvgIpc) is 2.56. The van der Waals surface area contributed by atoms with Crippen LogP contribution >= 0.6 is 0 Å². The standard InChI is InChI=1S/C20H26N2O/c1-5-17-10-12-19(13-11-17)21-20(23)16(3)22(4)14-18-8-6-15(2)7-9-18/h6-13,16H,5,14H2,1-4H3,(H,21,23)/p+1/t16-/m1/s1. The van der Waals surface area contributed by atoms with E-state index in [0.29, 0.717) is 0 Å². The van der Waals surface area contributed by atoms with E-state index in [1.54, 1.807) is 0 Å². The fourth-order valence-corrected chi connectivity index (χ4v) is 2.48. The van der Waals surface area contributed by atoms with Crippen molar-refractivity contribution in [1.82, 2.24) is 0 Å². The van der Waals surface area contributed by atoms with Gasteiger partial charge < -0.3 is 10.2 Å². The summed E-state index contributed by atoms with van der Waals surface area (Å²) < 4.78 is 0. The van der Waals surface area contributed by atoms with Gasteiger partial charge in [-0.3, -0.25) is 4.79 Å². The van der Waals surface area contributed by atoms with Gasteiger partial charge in [-0.1, -0.05) is 48.9 Å². The molecule has 0 heterocycles. The van der Waals surface area contributed by atoms with Crippen molar-refractivity contribution in [3.8, 4) is 0 Å². The van der Waals surface area contributed by atoms with E-state index in [1.165, 1.54) is 21.6 Å². The number of rotatable bonds is 6. The summed E-state index contributed by atoms with van der Waals surface area (Å²) in [6, 6.07) is 16.4. The molecule has 0 saturated carbocycles. The van der Waals surface area contributed by atoms with E-state index in [2.05, 4.69) is 62.6 Å². The number of hydrogen-bond acceptors (Lipinski definition) is 1. The topological polar surface area (TPSA) is 33.5 Å². The number of quaternary nitrogens is 1. The van der Waals surface area contributed by atoms with Crippen molar-refractivity contribution in [1.29, 1.82) is 0 Å². The Morgan fingerprint density at radius 2 is 1.61 bits per heavy atom. The zero-order valence-electron chi connectivity index (χ0n) is 14.5. The summed E-state index contributed by atoms with van der Waals surface area (Å²) in [6.45, 7) is 7.02. The quantitative estimate of drug-likeness (QED) is 0.845. The van der Waals surface area contributed by atoms with Gasteiger partial charge in [-0.15, -0.1) is 0 Å². The Kier molecular flexibility index (Phi) is 5.94. The van der Waals surface area contributed by atoms with Crippen molar-refractivity contribution in [2.75, 3.05) is 12.4 Å². The Balaban J connectivity index is 1.93. The van der Waals surface area contributed by atoms with Crippen LogP contribution in [-0.2, 0) is 17.8 Å². The van der Waals surface area contributed by atoms with Crippen LogP contribution in [0.2, 0.25) is 0 Å². The highest BCUT2D eigenvalue weighted by atomic mass is 16.2. The highest BCUT2D eigenvalue weighted by molar-refractivity contribution is 5.93. The molecule has 0 saturated heterocycles. The third-order valence-corrected chi connectivity index (χ3v) is 4.37. The van der Waals surface area contributed by atoms with Gasteiger partial charge in [0.05, 0.1) is 7.05 Å². The van der Waals surface area contributed by atoms with Crippen LogP contribution in [0, 0.1) is 6.92 Å². The molecule has 0 fully saturated rings. The van der Waals surface area contributed by atoms with E-state index in [1.807, 2.05) is 19.1 Å². The lowest BCUT2D eigenvalue weighted by atomic mass is 10.1. The zero-order valence-corrected chi connectivity index (χ0v) is 14.5. The fraction of sp³-hybridized carbons (Fsp3) is 0.350. The first-order valence-corrected chi connectivity index (χ1v) is 8.27. The number of carbonyl (C=O) groups excluding carboxylic acids is 1. The molecule has 3 heteroatoms. The highest BCUT2D eigenvalue weighted by Crippen LogP contribution is 2.10. The third-order valence-electron chi connectivity index (χ3n) is 4.37. The van der Waals surface area contributed by atoms with E-state index in [4.69, 9.17) is 0 Å². The number of aryl methyl sites for hydroxylation is 2. The van der Waals surface area contributed by atoms with Crippen LogP contribution < -0.4 is 10.2 Å². The Morgan fingerprint density at radius 1 is 1.04 bits per heavy atom. The molecule has 1 unspecified atom stereocenters. The summed E-state index contributed by atoms with van der Waals surface area (Å²) in [5.41, 5.74) is 4.65. The molecule has 0 bridgehead atoms. The molecular weight excluding hydrogens is 284 g/mol. The monoisotopic (exact) mass is 311 g/mol. The van der Waals surface area contributed by atoms with Gasteiger partial charge in [0.2, 0.25) is 0 Å². The maximum Gasteiger partial charge on any atom is 0.282 e. The number of benzene rings is 2. The number of hydrogen-bond donors (Lipinski definition) is 2. The number of anilines is 1. The first kappa shape index (κ1) is 17.2. The third kappa shape index (κ3) is 4.93. The Hall–Kier alpha value is -2.13. The van der Waals surface area contributed by atoms with Crippen molar-refractivity contribution in [2.24, 2.45) is 0 Å². The molecule has 0 spiro atoms. The van der Waals surface area contributed by atoms with Crippen LogP contribution in [-0.4, -0.2) is 19.0 Å². The number of amides is 1. The first-order chi connectivity index (χ1) is 11.0. The lowest BCUT2D eigenvalue weighted by Crippen LogP contribution is -3.12. The molecule has 0 aliphatic heterocycles. The molecular formula is C20H27N2O+. The van der Waals surface area contributed by atoms with Crippen molar-refractivity contribution >= 4 is 11.6 Å². The molecule has 2 atom stereocenters. The molecule has 0 aliphatic carbocycles. The van der Waals surface area contributed by atoms with E-state index in [-0.39, 0.29) is 11.9 Å². The Bertz CT molecular complexity index is 632. The predicted molar refractivity (Wildman–Crippen MR) is 95.7 cm³/mol. The van der Waals surface area contributed by atoms with Crippen LogP contribution in [0.25, 0.3) is 0 Å². The summed E-state index contributed by atoms with van der Waals surface area (Å²) in [6.07, 6.45) is 1.01. The lowest BCUT2D eigenvalue weighted by molar-refractivity contribution is -0.907. The summed E-state index contributed by atoms with van der Waals surface area (Å²) in [7, 11) is 2.06. The fourth-order valence-electron chi connectivity index (χ4n) is 2.48. The molecule has 1 amide bonds. The summed E-state index contributed by atoms with van der Waals surface area (Å²) in [5, 5.41) is 3.01. The van der Waals surface area contributed by atoms with Crippen LogP contribution in [0.1, 0.15) is 30.5 Å². The maximum absolute atomic E-state index is 12.4. The minimum Gasteiger partial charge on any atom is -0.324 e. The van der Waals surface area contributed by atoms with Gasteiger partial charge in [0.1, 0.15) is 6.54 Å². The van der Waals surface area contributed by atoms with E-state index < -0.39 is 0 Å². The second-order valence-corrected chi connectivity index (χ2v) is 6.27. The summed E-state index contributed by atoms with van der Waals surface area (Å²) >= 11 is 0. The number of carbonyl (C=O) groups is 1. The van der Waals surface area contributed by atoms with E-state index in [0.717, 1.165) is 18.7 Å². The molecule has 2 aromatic carbocycles. The second-order valence-electron chi connectivity index (χ2n) is 6.27. The van der Waals surface area contributed by atoms with Crippen LogP contribution in [0.15, 0.2) is 48.5 Å². The van der Waals surface area contributed by atoms with Gasteiger partial charge in [-0.2, -0.15) is 0 Å². The van der Waals surface area contributed by atoms with Crippen molar-refractivity contribution < 1.29 is 9.69 Å². The zero-order chi connectivity index (χ0) is 16.8. The Labute approximate surface area is 139 Å². The van der Waals surface area contributed by atoms with E-state index >= 15 is 0 Å². The molecule has 0 aliphatic rings. The van der Waals surface area contributed by atoms with Gasteiger partial charge >= 0.3 is 0 Å². The lowest BCUT2D eigenvalue weighted by Gasteiger charge is -2.21. The van der Waals surface area contributed by atoms with Crippen molar-refractivity contribution in [2.45, 2.75) is 39.8 Å². The molecule has 2 aromatic rings. The second kappa shape index (κ2) is 7.93. The Morgan fingerprint density at radius 3 is 2.17 bits per heavy atom. The van der Waals surface area contributed by atoms with Crippen LogP contribution in [0.4, 0.5) is 5.69 Å². The van der Waals surface area contributed by atoms with Crippen LogP contribution in [0.3, 0.4) is 0 Å². The largest absolute Gasteiger partial charge is 0.324 e. The smallest absolute Gasteiger partial charge is 0.282 e. The molecule has 3 nitrogen and oxygen atoms in total. The average molecular weight is 311 g/mol. The number of nitrogens with one attached hydrogen (secondary N) is 2. The molecule has 2 rings (SSSR count). The SMILES string of the molecule is CCc1ccc(NC(=O)[C@@H](C)[NH+](C)Cc2ccc(C)cc2)cc1. The number of likely N-dealkylation sites (N-methyl/N-ethyl adjacent to an activating group) is 1. The molecule has 23 heavy (non-hydrogen) atoms. The van der Waals surface area contributed by atoms with Gasteiger partial charge in [0, 0.05) is 11.3 Å². The van der Waals surface area contributed by atoms with Gasteiger partial charge in [0.25, 0.3) is 5.91 Å². The maximum atomic E-state index is 12.4. The molecule has 122 valence electrons. The van der Waals surface area contributed by atoms with Gasteiger partial charge in [-0.25, -0.2) is 0 Å². The van der Waals surface area contributed by atoms with Crippen LogP contribution in [0.5, 0.6) is 0 Å².